The van der Waals surface area contributed by atoms with E-state index >= 15 is 0 Å². The Morgan fingerprint density at radius 3 is 2.78 bits per heavy atom. The first-order valence-corrected chi connectivity index (χ1v) is 10.4. The van der Waals surface area contributed by atoms with Gasteiger partial charge >= 0.3 is 7.60 Å². The third kappa shape index (κ3) is 6.96. The number of hydrogen-bond acceptors (Lipinski definition) is 7. The molecule has 2 rings (SSSR count). The molecule has 12 heteroatoms. The summed E-state index contributed by atoms with van der Waals surface area (Å²) in [5.41, 5.74) is 3.16. The van der Waals surface area contributed by atoms with Crippen molar-refractivity contribution in [2.45, 2.75) is 39.2 Å². The highest BCUT2D eigenvalue weighted by atomic mass is 31.2. The van der Waals surface area contributed by atoms with Crippen molar-refractivity contribution in [2.75, 3.05) is 19.6 Å². The number of carbonyl (C=O) groups is 1. The number of aromatic nitrogens is 4. The van der Waals surface area contributed by atoms with Crippen LogP contribution in [0.1, 0.15) is 43.1 Å². The van der Waals surface area contributed by atoms with Crippen molar-refractivity contribution in [3.05, 3.63) is 18.3 Å². The molecule has 2 aromatic rings. The molecule has 2 aromatic heterocycles. The fraction of sp³-hybridized carbons (Fsp3) is 0.600. The van der Waals surface area contributed by atoms with Crippen molar-refractivity contribution in [2.24, 2.45) is 0 Å². The van der Waals surface area contributed by atoms with E-state index in [-0.39, 0.29) is 18.8 Å². The zero-order valence-electron chi connectivity index (χ0n) is 15.1. The first kappa shape index (κ1) is 21.4. The summed E-state index contributed by atoms with van der Waals surface area (Å²) in [4.78, 5) is 47.2. The van der Waals surface area contributed by atoms with Crippen molar-refractivity contribution >= 4 is 24.7 Å². The molecule has 0 radical (unpaired) electrons. The minimum Gasteiger partial charge on any atom is -0.367 e. The molecule has 3 N–H and O–H groups in total. The van der Waals surface area contributed by atoms with Crippen LogP contribution in [0.15, 0.2) is 12.7 Å². The molecule has 0 unspecified atom stereocenters. The van der Waals surface area contributed by atoms with Gasteiger partial charge in [-0.05, 0) is 6.42 Å². The molecule has 0 aliphatic rings. The highest BCUT2D eigenvalue weighted by molar-refractivity contribution is 7.51. The van der Waals surface area contributed by atoms with Gasteiger partial charge < -0.3 is 19.1 Å². The molecule has 27 heavy (non-hydrogen) atoms. The zero-order valence-corrected chi connectivity index (χ0v) is 16.0. The predicted octanol–water partition coefficient (Wildman–Crippen LogP) is 1.22. The Bertz CT molecular complexity index is 792. The topological polar surface area (TPSA) is 149 Å². The SMILES string of the molecule is CCCCCCONC(=O)c1ncnc2c1ncn2CCOCP(=O)(O)O. The molecule has 150 valence electrons. The quantitative estimate of drug-likeness (QED) is 0.271. The second-order valence-electron chi connectivity index (χ2n) is 5.87. The zero-order chi connectivity index (χ0) is 19.7. The van der Waals surface area contributed by atoms with Gasteiger partial charge in [-0.15, -0.1) is 0 Å². The average Bonchev–Trinajstić information content (AvgIpc) is 3.04. The van der Waals surface area contributed by atoms with Gasteiger partial charge in [0.1, 0.15) is 18.2 Å². The summed E-state index contributed by atoms with van der Waals surface area (Å²) in [6.45, 7) is 2.86. The summed E-state index contributed by atoms with van der Waals surface area (Å²) in [5, 5.41) is 0. The summed E-state index contributed by atoms with van der Waals surface area (Å²) in [5.74, 6) is -0.513. The van der Waals surface area contributed by atoms with Crippen LogP contribution in [0.3, 0.4) is 0 Å². The number of imidazole rings is 1. The number of fused-ring (bicyclic) bond motifs is 1. The fourth-order valence-electron chi connectivity index (χ4n) is 2.32. The Balaban J connectivity index is 1.92. The van der Waals surface area contributed by atoms with Gasteiger partial charge in [0.05, 0.1) is 19.5 Å². The van der Waals surface area contributed by atoms with E-state index < -0.39 is 19.9 Å². The molecule has 0 atom stereocenters. The minimum atomic E-state index is -4.20. The maximum atomic E-state index is 12.2. The lowest BCUT2D eigenvalue weighted by molar-refractivity contribution is 0.0294. The van der Waals surface area contributed by atoms with Crippen LogP contribution in [0.5, 0.6) is 0 Å². The van der Waals surface area contributed by atoms with E-state index in [4.69, 9.17) is 19.4 Å². The summed E-state index contributed by atoms with van der Waals surface area (Å²) in [6, 6.07) is 0. The number of carbonyl (C=O) groups excluding carboxylic acids is 1. The van der Waals surface area contributed by atoms with E-state index in [9.17, 15) is 9.36 Å². The number of amides is 1. The van der Waals surface area contributed by atoms with E-state index in [1.54, 1.807) is 4.57 Å². The van der Waals surface area contributed by atoms with Gasteiger partial charge in [0, 0.05) is 6.54 Å². The Morgan fingerprint density at radius 1 is 1.22 bits per heavy atom. The van der Waals surface area contributed by atoms with Crippen LogP contribution in [0.4, 0.5) is 0 Å². The summed E-state index contributed by atoms with van der Waals surface area (Å²) < 4.78 is 17.3. The summed E-state index contributed by atoms with van der Waals surface area (Å²) in [7, 11) is -4.20. The molecular weight excluding hydrogens is 377 g/mol. The molecule has 11 nitrogen and oxygen atoms in total. The number of unbranched alkanes of at least 4 members (excludes halogenated alkanes) is 3. The van der Waals surface area contributed by atoms with Crippen molar-refractivity contribution in [3.63, 3.8) is 0 Å². The number of nitrogens with zero attached hydrogens (tertiary/aromatic N) is 4. The highest BCUT2D eigenvalue weighted by Gasteiger charge is 2.17. The van der Waals surface area contributed by atoms with Gasteiger partial charge in [-0.2, -0.15) is 0 Å². The van der Waals surface area contributed by atoms with Gasteiger partial charge in [0.25, 0.3) is 5.91 Å². The molecule has 0 saturated carbocycles. The first-order chi connectivity index (χ1) is 12.9. The fourth-order valence-corrected chi connectivity index (χ4v) is 2.69. The smallest absolute Gasteiger partial charge is 0.350 e. The van der Waals surface area contributed by atoms with E-state index in [2.05, 4.69) is 27.4 Å². The van der Waals surface area contributed by atoms with Crippen molar-refractivity contribution in [3.8, 4) is 0 Å². The van der Waals surface area contributed by atoms with Crippen molar-refractivity contribution < 1.29 is 28.7 Å². The third-order valence-electron chi connectivity index (χ3n) is 3.62. The summed E-state index contributed by atoms with van der Waals surface area (Å²) >= 11 is 0. The second kappa shape index (κ2) is 10.4. The van der Waals surface area contributed by atoms with Crippen molar-refractivity contribution in [1.29, 1.82) is 0 Å². The molecule has 2 heterocycles. The largest absolute Gasteiger partial charge is 0.367 e. The van der Waals surface area contributed by atoms with Crippen LogP contribution in [-0.4, -0.2) is 54.8 Å². The number of nitrogens with one attached hydrogen (secondary N) is 1. The number of rotatable bonds is 12. The highest BCUT2D eigenvalue weighted by Crippen LogP contribution is 2.33. The standard InChI is InChI=1S/C15H24N5O6P/c1-2-3-4-5-7-26-19-15(21)13-12-14(17-9-16-13)20(10-18-12)6-8-25-11-27(22,23)24/h9-10H,2-8,11H2,1H3,(H,19,21)(H2,22,23,24). The predicted molar refractivity (Wildman–Crippen MR) is 95.7 cm³/mol. The Labute approximate surface area is 156 Å². The molecule has 0 spiro atoms. The molecule has 0 bridgehead atoms. The van der Waals surface area contributed by atoms with Crippen LogP contribution in [0.25, 0.3) is 11.2 Å². The lowest BCUT2D eigenvalue weighted by Crippen LogP contribution is -2.25. The lowest BCUT2D eigenvalue weighted by Gasteiger charge is -2.07. The second-order valence-corrected chi connectivity index (χ2v) is 7.46. The van der Waals surface area contributed by atoms with Gasteiger partial charge in [0.2, 0.25) is 0 Å². The van der Waals surface area contributed by atoms with Gasteiger partial charge in [-0.3, -0.25) is 14.2 Å². The van der Waals surface area contributed by atoms with Crippen LogP contribution >= 0.6 is 7.60 Å². The molecule has 1 amide bonds. The Morgan fingerprint density at radius 2 is 2.04 bits per heavy atom. The molecule has 0 saturated heterocycles. The van der Waals surface area contributed by atoms with Crippen LogP contribution in [0.2, 0.25) is 0 Å². The molecule has 0 aliphatic carbocycles. The monoisotopic (exact) mass is 401 g/mol. The maximum Gasteiger partial charge on any atom is 0.350 e. The number of ether oxygens (including phenoxy) is 1. The van der Waals surface area contributed by atoms with Crippen LogP contribution < -0.4 is 5.48 Å². The van der Waals surface area contributed by atoms with E-state index in [0.29, 0.717) is 17.8 Å². The van der Waals surface area contributed by atoms with E-state index in [0.717, 1.165) is 25.7 Å². The molecule has 0 fully saturated rings. The maximum absolute atomic E-state index is 12.2. The van der Waals surface area contributed by atoms with Crippen LogP contribution in [-0.2, 0) is 20.7 Å². The first-order valence-electron chi connectivity index (χ1n) is 8.62. The van der Waals surface area contributed by atoms with Gasteiger partial charge in [-0.1, -0.05) is 26.2 Å². The van der Waals surface area contributed by atoms with E-state index in [1.165, 1.54) is 12.7 Å². The molecular formula is C15H24N5O6P. The average molecular weight is 401 g/mol. The van der Waals surface area contributed by atoms with Gasteiger partial charge in [0.15, 0.2) is 11.3 Å². The molecule has 0 aliphatic heterocycles. The summed E-state index contributed by atoms with van der Waals surface area (Å²) in [6.07, 6.45) is 6.19. The molecule has 0 aromatic carbocycles. The minimum absolute atomic E-state index is 0.0585. The Kier molecular flexibility index (Phi) is 8.26. The van der Waals surface area contributed by atoms with Crippen LogP contribution in [0, 0.1) is 0 Å². The Hall–Kier alpha value is -1.91. The van der Waals surface area contributed by atoms with Crippen molar-refractivity contribution in [1.82, 2.24) is 25.0 Å². The third-order valence-corrected chi connectivity index (χ3v) is 4.14. The van der Waals surface area contributed by atoms with E-state index in [1.807, 2.05) is 0 Å². The van der Waals surface area contributed by atoms with Gasteiger partial charge in [-0.25, -0.2) is 20.4 Å². The normalized spacial score (nSPS) is 11.8. The number of hydroxylamine groups is 1. The lowest BCUT2D eigenvalue weighted by atomic mass is 10.2. The number of hydrogen-bond donors (Lipinski definition) is 3.